The molecule has 0 heterocycles. The topological polar surface area (TPSA) is 55.4 Å². The van der Waals surface area contributed by atoms with E-state index in [-0.39, 0.29) is 5.75 Å². The quantitative estimate of drug-likeness (QED) is 0.756. The van der Waals surface area contributed by atoms with Crippen LogP contribution < -0.4 is 9.46 Å². The van der Waals surface area contributed by atoms with Crippen LogP contribution in [-0.2, 0) is 10.0 Å². The average molecular weight is 257 g/mol. The van der Waals surface area contributed by atoms with Crippen LogP contribution in [0.1, 0.15) is 18.9 Å². The van der Waals surface area contributed by atoms with Crippen molar-refractivity contribution in [3.63, 3.8) is 0 Å². The van der Waals surface area contributed by atoms with E-state index in [0.29, 0.717) is 19.6 Å². The van der Waals surface area contributed by atoms with E-state index in [1.165, 1.54) is 5.56 Å². The molecule has 0 aromatic heterocycles. The van der Waals surface area contributed by atoms with Crippen LogP contribution in [0.2, 0.25) is 0 Å². The summed E-state index contributed by atoms with van der Waals surface area (Å²) in [6.07, 6.45) is 0.619. The summed E-state index contributed by atoms with van der Waals surface area (Å²) >= 11 is 0. The fraction of sp³-hybridized carbons (Fsp3) is 0.500. The molecule has 0 saturated heterocycles. The van der Waals surface area contributed by atoms with Crippen molar-refractivity contribution in [1.82, 2.24) is 4.72 Å². The molecule has 1 rings (SSSR count). The summed E-state index contributed by atoms with van der Waals surface area (Å²) in [6.45, 7) is 4.48. The van der Waals surface area contributed by atoms with E-state index in [9.17, 15) is 8.42 Å². The molecule has 0 bridgehead atoms. The molecular formula is C12H19NO3S. The number of hydrogen-bond acceptors (Lipinski definition) is 3. The third kappa shape index (κ3) is 5.70. The summed E-state index contributed by atoms with van der Waals surface area (Å²) in [5.41, 5.74) is 1.17. The molecule has 96 valence electrons. The van der Waals surface area contributed by atoms with Crippen LogP contribution in [0.4, 0.5) is 0 Å². The van der Waals surface area contributed by atoms with Crippen molar-refractivity contribution >= 4 is 10.0 Å². The van der Waals surface area contributed by atoms with Crippen molar-refractivity contribution in [2.75, 3.05) is 18.9 Å². The lowest BCUT2D eigenvalue weighted by Crippen LogP contribution is -2.30. The summed E-state index contributed by atoms with van der Waals surface area (Å²) in [5, 5.41) is 0. The lowest BCUT2D eigenvalue weighted by molar-refractivity contribution is 0.323. The van der Waals surface area contributed by atoms with Crippen LogP contribution in [0.5, 0.6) is 5.75 Å². The van der Waals surface area contributed by atoms with Crippen molar-refractivity contribution in [2.24, 2.45) is 0 Å². The van der Waals surface area contributed by atoms with E-state index in [4.69, 9.17) is 4.74 Å². The summed E-state index contributed by atoms with van der Waals surface area (Å²) < 4.78 is 30.5. The largest absolute Gasteiger partial charge is 0.492 e. The number of nitrogens with one attached hydrogen (secondary N) is 1. The smallest absolute Gasteiger partial charge is 0.211 e. The molecule has 0 aliphatic heterocycles. The zero-order chi connectivity index (χ0) is 12.7. The predicted molar refractivity (Wildman–Crippen MR) is 68.8 cm³/mol. The van der Waals surface area contributed by atoms with Gasteiger partial charge in [-0.1, -0.05) is 24.6 Å². The highest BCUT2D eigenvalue weighted by atomic mass is 32.2. The first-order chi connectivity index (χ1) is 8.03. The van der Waals surface area contributed by atoms with Crippen molar-refractivity contribution in [3.05, 3.63) is 29.8 Å². The van der Waals surface area contributed by atoms with Crippen molar-refractivity contribution in [1.29, 1.82) is 0 Å². The average Bonchev–Trinajstić information content (AvgIpc) is 2.27. The summed E-state index contributed by atoms with van der Waals surface area (Å²) in [4.78, 5) is 0. The van der Waals surface area contributed by atoms with Gasteiger partial charge in [0.05, 0.1) is 5.75 Å². The van der Waals surface area contributed by atoms with Gasteiger partial charge in [0.25, 0.3) is 0 Å². The van der Waals surface area contributed by atoms with E-state index in [1.54, 1.807) is 0 Å². The molecule has 0 unspecified atom stereocenters. The van der Waals surface area contributed by atoms with Gasteiger partial charge in [0.2, 0.25) is 10.0 Å². The minimum absolute atomic E-state index is 0.164. The molecule has 0 aliphatic carbocycles. The van der Waals surface area contributed by atoms with Crippen LogP contribution in [0, 0.1) is 6.92 Å². The number of ether oxygens (including phenoxy) is 1. The second-order valence-corrected chi connectivity index (χ2v) is 5.80. The highest BCUT2D eigenvalue weighted by molar-refractivity contribution is 7.89. The Bertz CT molecular complexity index is 426. The van der Waals surface area contributed by atoms with Crippen molar-refractivity contribution in [3.8, 4) is 5.75 Å². The number of sulfonamides is 1. The van der Waals surface area contributed by atoms with Gasteiger partial charge in [0.15, 0.2) is 0 Å². The third-order valence-electron chi connectivity index (χ3n) is 2.19. The fourth-order valence-electron chi connectivity index (χ4n) is 1.34. The van der Waals surface area contributed by atoms with Gasteiger partial charge in [-0.05, 0) is 25.5 Å². The second kappa shape index (κ2) is 6.61. The molecule has 0 radical (unpaired) electrons. The van der Waals surface area contributed by atoms with Gasteiger partial charge in [0.1, 0.15) is 12.4 Å². The Balaban J connectivity index is 2.27. The Labute approximate surface area is 103 Å². The monoisotopic (exact) mass is 257 g/mol. The normalized spacial score (nSPS) is 11.4. The maximum absolute atomic E-state index is 11.3. The number of aryl methyl sites for hydroxylation is 1. The lowest BCUT2D eigenvalue weighted by Gasteiger charge is -2.08. The predicted octanol–water partition coefficient (Wildman–Crippen LogP) is 1.70. The third-order valence-corrected chi connectivity index (χ3v) is 3.78. The molecule has 0 aliphatic rings. The highest BCUT2D eigenvalue weighted by Crippen LogP contribution is 2.10. The summed E-state index contributed by atoms with van der Waals surface area (Å²) in [5.74, 6) is 0.919. The van der Waals surface area contributed by atoms with Crippen LogP contribution in [0.15, 0.2) is 24.3 Å². The van der Waals surface area contributed by atoms with Gasteiger partial charge in [-0.2, -0.15) is 0 Å². The van der Waals surface area contributed by atoms with E-state index in [1.807, 2.05) is 38.1 Å². The molecule has 1 aromatic carbocycles. The Morgan fingerprint density at radius 3 is 2.47 bits per heavy atom. The first-order valence-electron chi connectivity index (χ1n) is 5.70. The maximum Gasteiger partial charge on any atom is 0.211 e. The Morgan fingerprint density at radius 2 is 1.88 bits per heavy atom. The second-order valence-electron chi connectivity index (χ2n) is 3.87. The Kier molecular flexibility index (Phi) is 5.44. The van der Waals surface area contributed by atoms with E-state index in [0.717, 1.165) is 5.75 Å². The minimum atomic E-state index is -3.12. The zero-order valence-corrected chi connectivity index (χ0v) is 11.1. The first-order valence-corrected chi connectivity index (χ1v) is 7.35. The Hall–Kier alpha value is -1.07. The van der Waals surface area contributed by atoms with E-state index >= 15 is 0 Å². The molecule has 0 spiro atoms. The summed E-state index contributed by atoms with van der Waals surface area (Å²) in [7, 11) is -3.12. The molecule has 0 amide bonds. The zero-order valence-electron chi connectivity index (χ0n) is 10.3. The van der Waals surface area contributed by atoms with Crippen LogP contribution in [0.25, 0.3) is 0 Å². The molecule has 0 atom stereocenters. The van der Waals surface area contributed by atoms with E-state index < -0.39 is 10.0 Å². The standard InChI is InChI=1S/C12H19NO3S/c1-3-10-17(14,15)13-8-9-16-12-6-4-11(2)5-7-12/h4-7,13H,3,8-10H2,1-2H3. The van der Waals surface area contributed by atoms with Gasteiger partial charge < -0.3 is 4.74 Å². The number of hydrogen-bond donors (Lipinski definition) is 1. The van der Waals surface area contributed by atoms with Crippen LogP contribution in [0.3, 0.4) is 0 Å². The van der Waals surface area contributed by atoms with Crippen molar-refractivity contribution in [2.45, 2.75) is 20.3 Å². The fourth-order valence-corrected chi connectivity index (χ4v) is 2.42. The maximum atomic E-state index is 11.3. The molecular weight excluding hydrogens is 238 g/mol. The molecule has 0 fully saturated rings. The lowest BCUT2D eigenvalue weighted by atomic mass is 10.2. The van der Waals surface area contributed by atoms with Gasteiger partial charge in [0, 0.05) is 6.54 Å². The highest BCUT2D eigenvalue weighted by Gasteiger charge is 2.06. The Morgan fingerprint density at radius 1 is 1.24 bits per heavy atom. The SMILES string of the molecule is CCCS(=O)(=O)NCCOc1ccc(C)cc1. The van der Waals surface area contributed by atoms with Gasteiger partial charge >= 0.3 is 0 Å². The molecule has 17 heavy (non-hydrogen) atoms. The molecule has 1 N–H and O–H groups in total. The van der Waals surface area contributed by atoms with E-state index in [2.05, 4.69) is 4.72 Å². The number of rotatable bonds is 7. The van der Waals surface area contributed by atoms with Gasteiger partial charge in [-0.3, -0.25) is 0 Å². The molecule has 1 aromatic rings. The molecule has 4 nitrogen and oxygen atoms in total. The minimum Gasteiger partial charge on any atom is -0.492 e. The van der Waals surface area contributed by atoms with Gasteiger partial charge in [-0.25, -0.2) is 13.1 Å². The summed E-state index contributed by atoms with van der Waals surface area (Å²) in [6, 6.07) is 7.65. The van der Waals surface area contributed by atoms with Crippen LogP contribution >= 0.6 is 0 Å². The van der Waals surface area contributed by atoms with Crippen LogP contribution in [-0.4, -0.2) is 27.3 Å². The molecule has 5 heteroatoms. The number of benzene rings is 1. The first kappa shape index (κ1) is 14.0. The molecule has 0 saturated carbocycles. The van der Waals surface area contributed by atoms with Gasteiger partial charge in [-0.15, -0.1) is 0 Å². The van der Waals surface area contributed by atoms with Crippen molar-refractivity contribution < 1.29 is 13.2 Å².